The molecule has 0 aliphatic heterocycles. The number of nitrogens with zero attached hydrogens (tertiary/aromatic N) is 2. The fourth-order valence-corrected chi connectivity index (χ4v) is 6.67. The molecule has 2 aliphatic carbocycles. The highest BCUT2D eigenvalue weighted by Gasteiger charge is 2.16. The Bertz CT molecular complexity index is 1340. The Balaban J connectivity index is 1.07. The van der Waals surface area contributed by atoms with Gasteiger partial charge in [0.2, 0.25) is 0 Å². The zero-order chi connectivity index (χ0) is 31.8. The Morgan fingerprint density at radius 3 is 2.02 bits per heavy atom. The predicted octanol–water partition coefficient (Wildman–Crippen LogP) is 8.78. The molecule has 46 heavy (non-hydrogen) atoms. The molecule has 5 rings (SSSR count). The number of rotatable bonds is 18. The number of ether oxygens (including phenoxy) is 1. The lowest BCUT2D eigenvalue weighted by atomic mass is 9.97. The van der Waals surface area contributed by atoms with Crippen LogP contribution < -0.4 is 4.74 Å². The van der Waals surface area contributed by atoms with Gasteiger partial charge < -0.3 is 9.84 Å². The normalized spacial score (nSPS) is 16.3. The van der Waals surface area contributed by atoms with Crippen molar-refractivity contribution in [2.75, 3.05) is 32.8 Å². The van der Waals surface area contributed by atoms with Crippen molar-refractivity contribution in [2.45, 2.75) is 77.5 Å². The van der Waals surface area contributed by atoms with Gasteiger partial charge in [-0.15, -0.1) is 0 Å². The molecule has 1 N–H and O–H groups in total. The lowest BCUT2D eigenvalue weighted by Gasteiger charge is -2.29. The number of aliphatic hydroxyl groups is 1. The number of allylic oxidation sites excluding steroid dienone is 3. The van der Waals surface area contributed by atoms with Crippen molar-refractivity contribution in [2.24, 2.45) is 5.92 Å². The van der Waals surface area contributed by atoms with E-state index in [2.05, 4.69) is 114 Å². The van der Waals surface area contributed by atoms with Crippen LogP contribution in [-0.4, -0.2) is 53.8 Å². The van der Waals surface area contributed by atoms with E-state index in [1.165, 1.54) is 67.2 Å². The molecule has 0 radical (unpaired) electrons. The topological polar surface area (TPSA) is 35.9 Å². The summed E-state index contributed by atoms with van der Waals surface area (Å²) in [5, 5.41) is 10.9. The molecule has 0 amide bonds. The maximum absolute atomic E-state index is 10.9. The third-order valence-corrected chi connectivity index (χ3v) is 9.12. The van der Waals surface area contributed by atoms with E-state index in [4.69, 9.17) is 4.74 Å². The molecule has 0 saturated heterocycles. The van der Waals surface area contributed by atoms with E-state index in [1.54, 1.807) is 5.57 Å². The van der Waals surface area contributed by atoms with E-state index in [0.717, 1.165) is 44.9 Å². The van der Waals surface area contributed by atoms with Crippen molar-refractivity contribution in [1.82, 2.24) is 9.80 Å². The molecule has 0 aromatic heterocycles. The van der Waals surface area contributed by atoms with E-state index in [1.807, 2.05) is 12.1 Å². The monoisotopic (exact) mass is 618 g/mol. The molecule has 0 bridgehead atoms. The summed E-state index contributed by atoms with van der Waals surface area (Å²) in [6.07, 6.45) is 18.8. The van der Waals surface area contributed by atoms with Crippen molar-refractivity contribution >= 4 is 0 Å². The van der Waals surface area contributed by atoms with E-state index < -0.39 is 6.10 Å². The molecule has 2 unspecified atom stereocenters. The van der Waals surface area contributed by atoms with E-state index in [9.17, 15) is 5.11 Å². The van der Waals surface area contributed by atoms with Crippen molar-refractivity contribution in [3.8, 4) is 5.75 Å². The maximum Gasteiger partial charge on any atom is 0.119 e. The average Bonchev–Trinajstić information content (AvgIpc) is 3.09. The second kappa shape index (κ2) is 18.6. The maximum atomic E-state index is 10.9. The van der Waals surface area contributed by atoms with Crippen LogP contribution in [0.2, 0.25) is 0 Å². The van der Waals surface area contributed by atoms with Crippen LogP contribution in [0.25, 0.3) is 0 Å². The van der Waals surface area contributed by atoms with Gasteiger partial charge in [0.15, 0.2) is 0 Å². The fourth-order valence-electron chi connectivity index (χ4n) is 6.67. The van der Waals surface area contributed by atoms with Crippen LogP contribution in [0.4, 0.5) is 0 Å². The third-order valence-electron chi connectivity index (χ3n) is 9.12. The lowest BCUT2D eigenvalue weighted by molar-refractivity contribution is 0.0628. The number of aryl methyl sites for hydroxylation is 1. The highest BCUT2D eigenvalue weighted by molar-refractivity contribution is 5.28. The average molecular weight is 619 g/mol. The van der Waals surface area contributed by atoms with Gasteiger partial charge in [-0.3, -0.25) is 9.80 Å². The van der Waals surface area contributed by atoms with Gasteiger partial charge in [0.05, 0.1) is 0 Å². The van der Waals surface area contributed by atoms with Crippen LogP contribution in [0.5, 0.6) is 5.75 Å². The van der Waals surface area contributed by atoms with Crippen LogP contribution in [0.15, 0.2) is 120 Å². The van der Waals surface area contributed by atoms with Crippen molar-refractivity contribution < 1.29 is 9.84 Å². The highest BCUT2D eigenvalue weighted by Crippen LogP contribution is 2.22. The first-order valence-corrected chi connectivity index (χ1v) is 17.5. The molecule has 244 valence electrons. The smallest absolute Gasteiger partial charge is 0.119 e. The van der Waals surface area contributed by atoms with Gasteiger partial charge in [-0.05, 0) is 91.7 Å². The first-order valence-electron chi connectivity index (χ1n) is 17.5. The summed E-state index contributed by atoms with van der Waals surface area (Å²) in [5.41, 5.74) is 6.94. The summed E-state index contributed by atoms with van der Waals surface area (Å²) < 4.78 is 6.05. The van der Waals surface area contributed by atoms with E-state index >= 15 is 0 Å². The summed E-state index contributed by atoms with van der Waals surface area (Å²) >= 11 is 0. The van der Waals surface area contributed by atoms with Gasteiger partial charge in [-0.2, -0.15) is 0 Å². The van der Waals surface area contributed by atoms with Gasteiger partial charge in [-0.25, -0.2) is 0 Å². The summed E-state index contributed by atoms with van der Waals surface area (Å²) in [6.45, 7) is 8.10. The first-order chi connectivity index (χ1) is 22.6. The van der Waals surface area contributed by atoms with E-state index in [0.29, 0.717) is 12.5 Å². The Morgan fingerprint density at radius 1 is 0.696 bits per heavy atom. The summed E-state index contributed by atoms with van der Waals surface area (Å²) in [6, 6.07) is 29.4. The largest absolute Gasteiger partial charge is 0.491 e. The van der Waals surface area contributed by atoms with Crippen molar-refractivity contribution in [3.63, 3.8) is 0 Å². The molecule has 0 spiro atoms. The standard InChI is InChI=1S/C42H54N2O2/c1-35(28-43(29-37-14-6-2-7-15-37)30-38-16-8-3-9-17-38)22-23-36-24-26-42(27-25-36)46-34-41(45)33-44(31-39-18-10-4-11-19-39)32-40-20-12-5-13-21-40/h4-6,10-16,18-21,24-27,35,41,45H,2-3,7-9,17,22-23,28-34H2,1H3. The zero-order valence-corrected chi connectivity index (χ0v) is 27.9. The van der Waals surface area contributed by atoms with Crippen LogP contribution in [-0.2, 0) is 19.5 Å². The minimum atomic E-state index is -0.583. The molecule has 4 heteroatoms. The number of benzene rings is 3. The molecule has 3 aromatic rings. The molecule has 0 fully saturated rings. The quantitative estimate of drug-likeness (QED) is 0.145. The van der Waals surface area contributed by atoms with E-state index in [-0.39, 0.29) is 6.61 Å². The van der Waals surface area contributed by atoms with Gasteiger partial charge >= 0.3 is 0 Å². The third kappa shape index (κ3) is 12.1. The molecular formula is C42H54N2O2. The lowest BCUT2D eigenvalue weighted by Crippen LogP contribution is -2.35. The Hall–Kier alpha value is -3.44. The van der Waals surface area contributed by atoms with Crippen molar-refractivity contribution in [3.05, 3.63) is 137 Å². The summed E-state index contributed by atoms with van der Waals surface area (Å²) in [4.78, 5) is 4.98. The SMILES string of the molecule is CC(CCc1ccc(OCC(O)CN(Cc2ccccc2)Cc2ccccc2)cc1)CN(CC1=CCCC=C1)CC1=CCCCC1. The minimum Gasteiger partial charge on any atom is -0.491 e. The van der Waals surface area contributed by atoms with Crippen molar-refractivity contribution in [1.29, 1.82) is 0 Å². The first kappa shape index (κ1) is 33.9. The molecule has 3 aromatic carbocycles. The zero-order valence-electron chi connectivity index (χ0n) is 27.9. The van der Waals surface area contributed by atoms with Gasteiger partial charge in [0.1, 0.15) is 18.5 Å². The Labute approximate surface area is 278 Å². The van der Waals surface area contributed by atoms with Gasteiger partial charge in [0, 0.05) is 39.3 Å². The number of hydrogen-bond acceptors (Lipinski definition) is 4. The highest BCUT2D eigenvalue weighted by atomic mass is 16.5. The molecule has 0 heterocycles. The molecule has 2 atom stereocenters. The second-order valence-electron chi connectivity index (χ2n) is 13.4. The second-order valence-corrected chi connectivity index (χ2v) is 13.4. The molecule has 4 nitrogen and oxygen atoms in total. The Kier molecular flexibility index (Phi) is 13.7. The molecule has 0 saturated carbocycles. The number of aliphatic hydroxyl groups excluding tert-OH is 1. The van der Waals surface area contributed by atoms with Crippen LogP contribution in [0.1, 0.15) is 68.6 Å². The molecular weight excluding hydrogens is 564 g/mol. The van der Waals surface area contributed by atoms with Gasteiger partial charge in [0.25, 0.3) is 0 Å². The minimum absolute atomic E-state index is 0.272. The Morgan fingerprint density at radius 2 is 1.39 bits per heavy atom. The van der Waals surface area contributed by atoms with Crippen LogP contribution >= 0.6 is 0 Å². The van der Waals surface area contributed by atoms with Crippen LogP contribution in [0.3, 0.4) is 0 Å². The van der Waals surface area contributed by atoms with Crippen LogP contribution in [0, 0.1) is 5.92 Å². The number of hydrogen-bond donors (Lipinski definition) is 1. The molecule has 2 aliphatic rings. The summed E-state index contributed by atoms with van der Waals surface area (Å²) in [5.74, 6) is 1.44. The summed E-state index contributed by atoms with van der Waals surface area (Å²) in [7, 11) is 0. The fraction of sp³-hybridized carbons (Fsp3) is 0.429. The predicted molar refractivity (Wildman–Crippen MR) is 192 cm³/mol. The van der Waals surface area contributed by atoms with Gasteiger partial charge in [-0.1, -0.05) is 110 Å².